The second-order valence-electron chi connectivity index (χ2n) is 5.63. The van der Waals surface area contributed by atoms with E-state index in [1.54, 1.807) is 25.3 Å². The predicted molar refractivity (Wildman–Crippen MR) is 97.3 cm³/mol. The van der Waals surface area contributed by atoms with Crippen LogP contribution >= 0.6 is 0 Å². The van der Waals surface area contributed by atoms with E-state index in [-0.39, 0.29) is 17.5 Å². The molecule has 0 saturated heterocycles. The van der Waals surface area contributed by atoms with E-state index < -0.39 is 4.92 Å². The Kier molecular flexibility index (Phi) is 6.00. The summed E-state index contributed by atoms with van der Waals surface area (Å²) >= 11 is 0. The van der Waals surface area contributed by atoms with Crippen molar-refractivity contribution in [2.24, 2.45) is 0 Å². The summed E-state index contributed by atoms with van der Waals surface area (Å²) in [5.74, 6) is 1.62. The number of ether oxygens (including phenoxy) is 3. The van der Waals surface area contributed by atoms with Crippen molar-refractivity contribution in [2.45, 2.75) is 20.0 Å². The van der Waals surface area contributed by atoms with Crippen LogP contribution in [0.25, 0.3) is 12.2 Å². The number of nitrogens with zero attached hydrogens (tertiary/aromatic N) is 1. The van der Waals surface area contributed by atoms with Crippen LogP contribution in [0.15, 0.2) is 36.4 Å². The standard InChI is InChI=1S/C19H21NO5/c1-13(2)25-17-10-15(9-16(12-17)23-3)6-5-14-7-8-19(24-4)18(11-14)20(21)22/h5-13H,1-4H3. The minimum absolute atomic E-state index is 0.0492. The van der Waals surface area contributed by atoms with Crippen molar-refractivity contribution >= 4 is 17.8 Å². The molecule has 0 amide bonds. The minimum Gasteiger partial charge on any atom is -0.497 e. The van der Waals surface area contributed by atoms with Crippen LogP contribution < -0.4 is 14.2 Å². The normalized spacial score (nSPS) is 10.9. The molecule has 0 fully saturated rings. The lowest BCUT2D eigenvalue weighted by molar-refractivity contribution is -0.385. The van der Waals surface area contributed by atoms with Crippen LogP contribution in [-0.4, -0.2) is 25.2 Å². The molecule has 0 saturated carbocycles. The zero-order chi connectivity index (χ0) is 18.4. The van der Waals surface area contributed by atoms with Gasteiger partial charge in [0.1, 0.15) is 11.5 Å². The molecular weight excluding hydrogens is 322 g/mol. The average molecular weight is 343 g/mol. The van der Waals surface area contributed by atoms with Crippen LogP contribution in [0.3, 0.4) is 0 Å². The van der Waals surface area contributed by atoms with Gasteiger partial charge >= 0.3 is 5.69 Å². The smallest absolute Gasteiger partial charge is 0.311 e. The van der Waals surface area contributed by atoms with Gasteiger partial charge in [-0.25, -0.2) is 0 Å². The highest BCUT2D eigenvalue weighted by Crippen LogP contribution is 2.29. The summed E-state index contributed by atoms with van der Waals surface area (Å²) in [6.07, 6.45) is 3.69. The lowest BCUT2D eigenvalue weighted by Gasteiger charge is -2.12. The largest absolute Gasteiger partial charge is 0.497 e. The quantitative estimate of drug-likeness (QED) is 0.418. The molecule has 2 rings (SSSR count). The van der Waals surface area contributed by atoms with Gasteiger partial charge in [-0.3, -0.25) is 10.1 Å². The third-order valence-corrected chi connectivity index (χ3v) is 3.38. The summed E-state index contributed by atoms with van der Waals surface area (Å²) in [5, 5.41) is 11.1. The Morgan fingerprint density at radius 3 is 2.24 bits per heavy atom. The van der Waals surface area contributed by atoms with E-state index in [0.717, 1.165) is 5.56 Å². The zero-order valence-electron chi connectivity index (χ0n) is 14.7. The van der Waals surface area contributed by atoms with Crippen LogP contribution in [0.1, 0.15) is 25.0 Å². The molecule has 6 nitrogen and oxygen atoms in total. The molecular formula is C19H21NO5. The van der Waals surface area contributed by atoms with Gasteiger partial charge in [0.2, 0.25) is 0 Å². The monoisotopic (exact) mass is 343 g/mol. The molecule has 0 aromatic heterocycles. The van der Waals surface area contributed by atoms with Gasteiger partial charge in [0.25, 0.3) is 0 Å². The Labute approximate surface area is 146 Å². The van der Waals surface area contributed by atoms with Gasteiger partial charge < -0.3 is 14.2 Å². The highest BCUT2D eigenvalue weighted by atomic mass is 16.6. The fourth-order valence-electron chi connectivity index (χ4n) is 2.29. The summed E-state index contributed by atoms with van der Waals surface area (Å²) < 4.78 is 16.0. The van der Waals surface area contributed by atoms with E-state index in [2.05, 4.69) is 0 Å². The maximum absolute atomic E-state index is 11.1. The van der Waals surface area contributed by atoms with E-state index in [9.17, 15) is 10.1 Å². The predicted octanol–water partition coefficient (Wildman–Crippen LogP) is 4.57. The molecule has 132 valence electrons. The maximum Gasteiger partial charge on any atom is 0.311 e. The summed E-state index contributed by atoms with van der Waals surface area (Å²) in [6, 6.07) is 10.4. The van der Waals surface area contributed by atoms with Gasteiger partial charge in [-0.1, -0.05) is 18.2 Å². The first kappa shape index (κ1) is 18.3. The molecule has 0 heterocycles. The number of hydrogen-bond donors (Lipinski definition) is 0. The highest BCUT2D eigenvalue weighted by molar-refractivity contribution is 5.72. The van der Waals surface area contributed by atoms with E-state index in [1.165, 1.54) is 13.2 Å². The van der Waals surface area contributed by atoms with Crippen LogP contribution in [0.5, 0.6) is 17.2 Å². The van der Waals surface area contributed by atoms with Crippen molar-refractivity contribution in [1.82, 2.24) is 0 Å². The molecule has 0 aliphatic heterocycles. The number of methoxy groups -OCH3 is 2. The molecule has 0 N–H and O–H groups in total. The molecule has 0 aliphatic rings. The second-order valence-corrected chi connectivity index (χ2v) is 5.63. The number of nitro benzene ring substituents is 1. The Bertz CT molecular complexity index is 783. The number of nitro groups is 1. The molecule has 0 atom stereocenters. The van der Waals surface area contributed by atoms with Gasteiger partial charge in [0, 0.05) is 12.1 Å². The first-order chi connectivity index (χ1) is 11.9. The molecule has 0 bridgehead atoms. The van der Waals surface area contributed by atoms with Crippen LogP contribution in [0.2, 0.25) is 0 Å². The van der Waals surface area contributed by atoms with E-state index in [4.69, 9.17) is 14.2 Å². The first-order valence-corrected chi connectivity index (χ1v) is 7.79. The maximum atomic E-state index is 11.1. The fraction of sp³-hybridized carbons (Fsp3) is 0.263. The van der Waals surface area contributed by atoms with Gasteiger partial charge in [0.05, 0.1) is 25.2 Å². The van der Waals surface area contributed by atoms with Crippen molar-refractivity contribution < 1.29 is 19.1 Å². The van der Waals surface area contributed by atoms with Gasteiger partial charge in [-0.05, 0) is 43.2 Å². The second kappa shape index (κ2) is 8.19. The third-order valence-electron chi connectivity index (χ3n) is 3.38. The van der Waals surface area contributed by atoms with Crippen LogP contribution in [0, 0.1) is 10.1 Å². The summed E-state index contributed by atoms with van der Waals surface area (Å²) in [5.41, 5.74) is 1.49. The van der Waals surface area contributed by atoms with Gasteiger partial charge in [-0.15, -0.1) is 0 Å². The Balaban J connectivity index is 2.32. The molecule has 0 aliphatic carbocycles. The molecule has 25 heavy (non-hydrogen) atoms. The van der Waals surface area contributed by atoms with Crippen LogP contribution in [-0.2, 0) is 0 Å². The minimum atomic E-state index is -0.462. The van der Waals surface area contributed by atoms with Crippen LogP contribution in [0.4, 0.5) is 5.69 Å². The van der Waals surface area contributed by atoms with Crippen molar-refractivity contribution in [3.63, 3.8) is 0 Å². The van der Waals surface area contributed by atoms with Gasteiger partial charge in [-0.2, -0.15) is 0 Å². The molecule has 2 aromatic carbocycles. The topological polar surface area (TPSA) is 70.8 Å². The summed E-state index contributed by atoms with van der Waals surface area (Å²) in [7, 11) is 3.00. The third kappa shape index (κ3) is 4.97. The van der Waals surface area contributed by atoms with E-state index in [1.807, 2.05) is 38.1 Å². The van der Waals surface area contributed by atoms with Gasteiger partial charge in [0.15, 0.2) is 5.75 Å². The van der Waals surface area contributed by atoms with Crippen molar-refractivity contribution in [3.8, 4) is 17.2 Å². The zero-order valence-corrected chi connectivity index (χ0v) is 14.7. The summed E-state index contributed by atoms with van der Waals surface area (Å²) in [4.78, 5) is 10.6. The lowest BCUT2D eigenvalue weighted by Crippen LogP contribution is -2.05. The SMILES string of the molecule is COc1cc(C=Cc2ccc(OC)c([N+](=O)[O-])c2)cc(OC(C)C)c1. The summed E-state index contributed by atoms with van der Waals surface area (Å²) in [6.45, 7) is 3.90. The van der Waals surface area contributed by atoms with E-state index in [0.29, 0.717) is 17.1 Å². The number of hydrogen-bond acceptors (Lipinski definition) is 5. The molecule has 0 spiro atoms. The van der Waals surface area contributed by atoms with Crippen molar-refractivity contribution in [2.75, 3.05) is 14.2 Å². The first-order valence-electron chi connectivity index (χ1n) is 7.79. The Morgan fingerprint density at radius 1 is 0.960 bits per heavy atom. The fourth-order valence-corrected chi connectivity index (χ4v) is 2.29. The molecule has 0 radical (unpaired) electrons. The number of rotatable bonds is 7. The van der Waals surface area contributed by atoms with E-state index >= 15 is 0 Å². The molecule has 0 unspecified atom stereocenters. The van der Waals surface area contributed by atoms with Crippen molar-refractivity contribution in [1.29, 1.82) is 0 Å². The highest BCUT2D eigenvalue weighted by Gasteiger charge is 2.14. The molecule has 6 heteroatoms. The Hall–Kier alpha value is -3.02. The lowest BCUT2D eigenvalue weighted by atomic mass is 10.1. The average Bonchev–Trinajstić information content (AvgIpc) is 2.58. The van der Waals surface area contributed by atoms with Crippen molar-refractivity contribution in [3.05, 3.63) is 57.6 Å². The Morgan fingerprint density at radius 2 is 1.64 bits per heavy atom. The molecule has 2 aromatic rings. The number of benzene rings is 2.